The van der Waals surface area contributed by atoms with Crippen LogP contribution < -0.4 is 4.74 Å². The molecule has 100 valence electrons. The summed E-state index contributed by atoms with van der Waals surface area (Å²) in [5.41, 5.74) is 3.81. The Balaban J connectivity index is 2.64. The second kappa shape index (κ2) is 6.58. The van der Waals surface area contributed by atoms with E-state index in [1.807, 2.05) is 19.9 Å². The molecule has 0 aliphatic rings. The van der Waals surface area contributed by atoms with Crippen molar-refractivity contribution < 1.29 is 9.53 Å². The molecule has 0 fully saturated rings. The second-order valence-corrected chi connectivity index (χ2v) is 5.15. The van der Waals surface area contributed by atoms with Crippen LogP contribution in [0.25, 0.3) is 0 Å². The SMILES string of the molecule is COc1ccc(CCCC(=O)C(C)C)c(C)c1C. The molecule has 1 aromatic rings. The van der Waals surface area contributed by atoms with E-state index < -0.39 is 0 Å². The van der Waals surface area contributed by atoms with Crippen LogP contribution in [0.5, 0.6) is 5.75 Å². The van der Waals surface area contributed by atoms with Gasteiger partial charge in [0, 0.05) is 12.3 Å². The average Bonchev–Trinajstić information content (AvgIpc) is 2.34. The Hall–Kier alpha value is -1.31. The van der Waals surface area contributed by atoms with E-state index in [0.29, 0.717) is 12.2 Å². The molecule has 2 nitrogen and oxygen atoms in total. The fourth-order valence-electron chi connectivity index (χ4n) is 2.09. The standard InChI is InChI=1S/C16H24O2/c1-11(2)15(17)8-6-7-14-9-10-16(18-5)13(4)12(14)3/h9-11H,6-8H2,1-5H3. The molecule has 2 heteroatoms. The maximum atomic E-state index is 11.6. The van der Waals surface area contributed by atoms with E-state index in [1.54, 1.807) is 7.11 Å². The molecule has 18 heavy (non-hydrogen) atoms. The molecule has 0 saturated carbocycles. The zero-order chi connectivity index (χ0) is 13.7. The van der Waals surface area contributed by atoms with Crippen molar-refractivity contribution in [2.24, 2.45) is 5.92 Å². The number of carbonyl (C=O) groups excluding carboxylic acids is 1. The number of hydrogen-bond acceptors (Lipinski definition) is 2. The molecule has 0 aliphatic heterocycles. The molecular weight excluding hydrogens is 224 g/mol. The Labute approximate surface area is 110 Å². The molecule has 0 heterocycles. The Bertz CT molecular complexity index is 419. The molecule has 0 radical (unpaired) electrons. The van der Waals surface area contributed by atoms with Gasteiger partial charge in [-0.25, -0.2) is 0 Å². The summed E-state index contributed by atoms with van der Waals surface area (Å²) in [6.07, 6.45) is 2.58. The van der Waals surface area contributed by atoms with Gasteiger partial charge in [-0.2, -0.15) is 0 Å². The van der Waals surface area contributed by atoms with Crippen LogP contribution >= 0.6 is 0 Å². The van der Waals surface area contributed by atoms with Crippen molar-refractivity contribution in [3.05, 3.63) is 28.8 Å². The number of aryl methyl sites for hydroxylation is 1. The Morgan fingerprint density at radius 2 is 1.89 bits per heavy atom. The maximum Gasteiger partial charge on any atom is 0.135 e. The molecule has 0 aliphatic carbocycles. The Kier molecular flexibility index (Phi) is 5.39. The van der Waals surface area contributed by atoms with E-state index >= 15 is 0 Å². The molecule has 0 saturated heterocycles. The molecule has 1 aromatic carbocycles. The van der Waals surface area contributed by atoms with Crippen LogP contribution in [0.15, 0.2) is 12.1 Å². The highest BCUT2D eigenvalue weighted by atomic mass is 16.5. The number of ketones is 1. The van der Waals surface area contributed by atoms with Gasteiger partial charge in [0.2, 0.25) is 0 Å². The van der Waals surface area contributed by atoms with Gasteiger partial charge in [-0.05, 0) is 49.4 Å². The van der Waals surface area contributed by atoms with Gasteiger partial charge in [-0.3, -0.25) is 4.79 Å². The first-order valence-electron chi connectivity index (χ1n) is 6.63. The van der Waals surface area contributed by atoms with Gasteiger partial charge in [-0.1, -0.05) is 19.9 Å². The summed E-state index contributed by atoms with van der Waals surface area (Å²) in [5.74, 6) is 1.45. The fraction of sp³-hybridized carbons (Fsp3) is 0.562. The maximum absolute atomic E-state index is 11.6. The van der Waals surface area contributed by atoms with Crippen molar-refractivity contribution in [2.75, 3.05) is 7.11 Å². The Morgan fingerprint density at radius 3 is 2.44 bits per heavy atom. The van der Waals surface area contributed by atoms with E-state index in [1.165, 1.54) is 16.7 Å². The lowest BCUT2D eigenvalue weighted by Gasteiger charge is -2.12. The molecule has 0 unspecified atom stereocenters. The number of ether oxygens (including phenoxy) is 1. The topological polar surface area (TPSA) is 26.3 Å². The van der Waals surface area contributed by atoms with Crippen molar-refractivity contribution in [3.8, 4) is 5.75 Å². The van der Waals surface area contributed by atoms with Gasteiger partial charge in [0.1, 0.15) is 11.5 Å². The minimum absolute atomic E-state index is 0.156. The van der Waals surface area contributed by atoms with Gasteiger partial charge in [0.25, 0.3) is 0 Å². The van der Waals surface area contributed by atoms with Crippen molar-refractivity contribution in [3.63, 3.8) is 0 Å². The fourth-order valence-corrected chi connectivity index (χ4v) is 2.09. The zero-order valence-corrected chi connectivity index (χ0v) is 12.2. The monoisotopic (exact) mass is 248 g/mol. The average molecular weight is 248 g/mol. The summed E-state index contributed by atoms with van der Waals surface area (Å²) in [6, 6.07) is 4.13. The number of hydrogen-bond donors (Lipinski definition) is 0. The summed E-state index contributed by atoms with van der Waals surface area (Å²) < 4.78 is 5.30. The third-order valence-corrected chi connectivity index (χ3v) is 3.58. The highest BCUT2D eigenvalue weighted by molar-refractivity contribution is 5.80. The predicted octanol–water partition coefficient (Wildman–Crippen LogP) is 3.86. The van der Waals surface area contributed by atoms with E-state index in [4.69, 9.17) is 4.74 Å². The van der Waals surface area contributed by atoms with Crippen molar-refractivity contribution in [1.29, 1.82) is 0 Å². The normalized spacial score (nSPS) is 10.8. The molecule has 0 spiro atoms. The second-order valence-electron chi connectivity index (χ2n) is 5.15. The molecular formula is C16H24O2. The molecule has 0 atom stereocenters. The molecule has 0 amide bonds. The highest BCUT2D eigenvalue weighted by Crippen LogP contribution is 2.25. The van der Waals surface area contributed by atoms with Gasteiger partial charge in [-0.15, -0.1) is 0 Å². The van der Waals surface area contributed by atoms with Crippen molar-refractivity contribution in [2.45, 2.75) is 47.0 Å². The lowest BCUT2D eigenvalue weighted by atomic mass is 9.96. The first-order valence-corrected chi connectivity index (χ1v) is 6.63. The van der Waals surface area contributed by atoms with Crippen LogP contribution in [0.1, 0.15) is 43.4 Å². The van der Waals surface area contributed by atoms with E-state index in [2.05, 4.69) is 19.9 Å². The summed E-state index contributed by atoms with van der Waals surface area (Å²) in [4.78, 5) is 11.6. The quantitative estimate of drug-likeness (QED) is 0.764. The van der Waals surface area contributed by atoms with Crippen LogP contribution in [0, 0.1) is 19.8 Å². The molecule has 0 N–H and O–H groups in total. The lowest BCUT2D eigenvalue weighted by Crippen LogP contribution is -2.07. The summed E-state index contributed by atoms with van der Waals surface area (Å²) in [5, 5.41) is 0. The predicted molar refractivity (Wildman–Crippen MR) is 75.3 cm³/mol. The number of methoxy groups -OCH3 is 1. The minimum Gasteiger partial charge on any atom is -0.496 e. The highest BCUT2D eigenvalue weighted by Gasteiger charge is 2.09. The van der Waals surface area contributed by atoms with Crippen molar-refractivity contribution in [1.82, 2.24) is 0 Å². The first kappa shape index (κ1) is 14.7. The number of carbonyl (C=O) groups is 1. The number of rotatable bonds is 6. The van der Waals surface area contributed by atoms with Gasteiger partial charge in [0.05, 0.1) is 7.11 Å². The molecule has 0 aromatic heterocycles. The van der Waals surface area contributed by atoms with Gasteiger partial charge < -0.3 is 4.74 Å². The largest absolute Gasteiger partial charge is 0.496 e. The number of benzene rings is 1. The first-order chi connectivity index (χ1) is 8.47. The van der Waals surface area contributed by atoms with E-state index in [0.717, 1.165) is 18.6 Å². The van der Waals surface area contributed by atoms with Crippen LogP contribution in [0.3, 0.4) is 0 Å². The summed E-state index contributed by atoms with van der Waals surface area (Å²) in [6.45, 7) is 8.13. The van der Waals surface area contributed by atoms with Gasteiger partial charge >= 0.3 is 0 Å². The van der Waals surface area contributed by atoms with Crippen molar-refractivity contribution >= 4 is 5.78 Å². The summed E-state index contributed by atoms with van der Waals surface area (Å²) in [7, 11) is 1.70. The zero-order valence-electron chi connectivity index (χ0n) is 12.2. The van der Waals surface area contributed by atoms with Crippen LogP contribution in [0.4, 0.5) is 0 Å². The van der Waals surface area contributed by atoms with Crippen LogP contribution in [-0.2, 0) is 11.2 Å². The smallest absolute Gasteiger partial charge is 0.135 e. The summed E-state index contributed by atoms with van der Waals surface area (Å²) >= 11 is 0. The van der Waals surface area contributed by atoms with Crippen LogP contribution in [-0.4, -0.2) is 12.9 Å². The molecule has 0 bridgehead atoms. The van der Waals surface area contributed by atoms with Crippen LogP contribution in [0.2, 0.25) is 0 Å². The molecule has 1 rings (SSSR count). The van der Waals surface area contributed by atoms with E-state index in [9.17, 15) is 4.79 Å². The lowest BCUT2D eigenvalue weighted by molar-refractivity contribution is -0.121. The third kappa shape index (κ3) is 3.59. The minimum atomic E-state index is 0.156. The van der Waals surface area contributed by atoms with Gasteiger partial charge in [0.15, 0.2) is 0 Å². The number of Topliss-reactive ketones (excluding diaryl/α,β-unsaturated/α-hetero) is 1. The third-order valence-electron chi connectivity index (χ3n) is 3.58. The Morgan fingerprint density at radius 1 is 1.22 bits per heavy atom. The van der Waals surface area contributed by atoms with E-state index in [-0.39, 0.29) is 5.92 Å².